The molecule has 1 amide bonds. The van der Waals surface area contributed by atoms with Crippen LogP contribution in [0.5, 0.6) is 0 Å². The summed E-state index contributed by atoms with van der Waals surface area (Å²) in [6, 6.07) is 5.12. The maximum atomic E-state index is 13.0. The van der Waals surface area contributed by atoms with Gasteiger partial charge in [0.1, 0.15) is 0 Å². The fourth-order valence-corrected chi connectivity index (χ4v) is 2.32. The van der Waals surface area contributed by atoms with Crippen LogP contribution in [0.3, 0.4) is 0 Å². The number of rotatable bonds is 2. The van der Waals surface area contributed by atoms with E-state index in [9.17, 15) is 18.0 Å². The third-order valence-corrected chi connectivity index (χ3v) is 3.36. The zero-order valence-electron chi connectivity index (χ0n) is 10.4. The normalized spacial score (nSPS) is 18.9. The van der Waals surface area contributed by atoms with Gasteiger partial charge in [0, 0.05) is 18.8 Å². The van der Waals surface area contributed by atoms with Gasteiger partial charge in [-0.2, -0.15) is 18.4 Å². The number of primary amides is 1. The molecule has 0 bridgehead atoms. The molecule has 0 saturated carbocycles. The predicted molar refractivity (Wildman–Crippen MR) is 65.7 cm³/mol. The van der Waals surface area contributed by atoms with Crippen LogP contribution in [-0.2, 0) is 11.0 Å². The lowest BCUT2D eigenvalue weighted by Gasteiger charge is -2.23. The van der Waals surface area contributed by atoms with Crippen molar-refractivity contribution >= 4 is 11.6 Å². The van der Waals surface area contributed by atoms with E-state index in [0.29, 0.717) is 13.0 Å². The standard InChI is InChI=1S/C13H12F3N3O/c14-13(15,16)10-5-8(6-17)1-2-11(10)19-4-3-9(7-19)12(18)20/h1-2,5,9H,3-4,7H2,(H2,18,20)/t9-/m1/s1. The second-order valence-corrected chi connectivity index (χ2v) is 4.68. The Hall–Kier alpha value is -2.23. The molecule has 0 aromatic heterocycles. The molecule has 0 spiro atoms. The van der Waals surface area contributed by atoms with Crippen molar-refractivity contribution in [1.82, 2.24) is 0 Å². The molecule has 1 aliphatic heterocycles. The molecule has 1 saturated heterocycles. The smallest absolute Gasteiger partial charge is 0.370 e. The number of anilines is 1. The molecule has 1 heterocycles. The molecule has 0 aliphatic carbocycles. The molecular formula is C13H12F3N3O. The molecule has 4 nitrogen and oxygen atoms in total. The summed E-state index contributed by atoms with van der Waals surface area (Å²) >= 11 is 0. The van der Waals surface area contributed by atoms with Crippen molar-refractivity contribution in [3.8, 4) is 6.07 Å². The summed E-state index contributed by atoms with van der Waals surface area (Å²) in [7, 11) is 0. The number of hydrogen-bond donors (Lipinski definition) is 1. The molecule has 0 unspecified atom stereocenters. The Balaban J connectivity index is 2.38. The topological polar surface area (TPSA) is 70.1 Å². The highest BCUT2D eigenvalue weighted by Crippen LogP contribution is 2.38. The van der Waals surface area contributed by atoms with Crippen LogP contribution in [0, 0.1) is 17.2 Å². The number of carbonyl (C=O) groups is 1. The quantitative estimate of drug-likeness (QED) is 0.901. The summed E-state index contributed by atoms with van der Waals surface area (Å²) in [5.74, 6) is -0.943. The van der Waals surface area contributed by atoms with Crippen LogP contribution in [0.2, 0.25) is 0 Å². The summed E-state index contributed by atoms with van der Waals surface area (Å²) in [6.07, 6.45) is -4.11. The molecule has 7 heteroatoms. The van der Waals surface area contributed by atoms with E-state index in [0.717, 1.165) is 6.07 Å². The van der Waals surface area contributed by atoms with E-state index in [2.05, 4.69) is 0 Å². The Labute approximate surface area is 113 Å². The van der Waals surface area contributed by atoms with Crippen molar-refractivity contribution in [2.24, 2.45) is 11.7 Å². The van der Waals surface area contributed by atoms with Crippen LogP contribution in [0.1, 0.15) is 17.5 Å². The summed E-state index contributed by atoms with van der Waals surface area (Å²) in [6.45, 7) is 0.507. The number of carbonyl (C=O) groups excluding carboxylic acids is 1. The van der Waals surface area contributed by atoms with Gasteiger partial charge in [-0.1, -0.05) is 0 Å². The van der Waals surface area contributed by atoms with Gasteiger partial charge in [-0.25, -0.2) is 0 Å². The number of nitrogens with zero attached hydrogens (tertiary/aromatic N) is 2. The van der Waals surface area contributed by atoms with E-state index >= 15 is 0 Å². The Bertz CT molecular complexity index is 577. The van der Waals surface area contributed by atoms with Gasteiger partial charge in [0.15, 0.2) is 0 Å². The minimum Gasteiger partial charge on any atom is -0.370 e. The van der Waals surface area contributed by atoms with Crippen LogP contribution in [0.15, 0.2) is 18.2 Å². The number of amides is 1. The van der Waals surface area contributed by atoms with Crippen molar-refractivity contribution in [2.45, 2.75) is 12.6 Å². The minimum absolute atomic E-state index is 0.0137. The van der Waals surface area contributed by atoms with Gasteiger partial charge in [0.2, 0.25) is 5.91 Å². The van der Waals surface area contributed by atoms with Crippen molar-refractivity contribution in [1.29, 1.82) is 5.26 Å². The summed E-state index contributed by atoms with van der Waals surface area (Å²) in [5, 5.41) is 8.71. The monoisotopic (exact) mass is 283 g/mol. The lowest BCUT2D eigenvalue weighted by molar-refractivity contribution is -0.137. The summed E-state index contributed by atoms with van der Waals surface area (Å²) in [5.41, 5.74) is 4.25. The van der Waals surface area contributed by atoms with E-state index in [1.54, 1.807) is 6.07 Å². The second kappa shape index (κ2) is 5.04. The first-order valence-electron chi connectivity index (χ1n) is 5.98. The van der Waals surface area contributed by atoms with E-state index in [1.807, 2.05) is 0 Å². The van der Waals surface area contributed by atoms with Crippen molar-refractivity contribution in [3.05, 3.63) is 29.3 Å². The number of halogens is 3. The number of hydrogen-bond acceptors (Lipinski definition) is 3. The zero-order chi connectivity index (χ0) is 14.9. The van der Waals surface area contributed by atoms with Crippen LogP contribution in [0.4, 0.5) is 18.9 Å². The maximum absolute atomic E-state index is 13.0. The van der Waals surface area contributed by atoms with Crippen LogP contribution in [-0.4, -0.2) is 19.0 Å². The van der Waals surface area contributed by atoms with Crippen molar-refractivity contribution in [3.63, 3.8) is 0 Å². The number of nitrogens with two attached hydrogens (primary N) is 1. The lowest BCUT2D eigenvalue weighted by atomic mass is 10.1. The first kappa shape index (κ1) is 14.2. The first-order valence-corrected chi connectivity index (χ1v) is 5.98. The molecule has 1 atom stereocenters. The second-order valence-electron chi connectivity index (χ2n) is 4.68. The molecule has 2 N–H and O–H groups in total. The first-order chi connectivity index (χ1) is 9.32. The summed E-state index contributed by atoms with van der Waals surface area (Å²) < 4.78 is 39.1. The molecule has 1 aromatic rings. The summed E-state index contributed by atoms with van der Waals surface area (Å²) in [4.78, 5) is 12.6. The number of benzene rings is 1. The molecule has 0 radical (unpaired) electrons. The molecule has 1 aliphatic rings. The fraction of sp³-hybridized carbons (Fsp3) is 0.385. The van der Waals surface area contributed by atoms with Crippen LogP contribution < -0.4 is 10.6 Å². The molecule has 106 valence electrons. The van der Waals surface area contributed by atoms with E-state index in [-0.39, 0.29) is 17.8 Å². The highest BCUT2D eigenvalue weighted by molar-refractivity contribution is 5.78. The Morgan fingerprint density at radius 1 is 1.45 bits per heavy atom. The highest BCUT2D eigenvalue weighted by Gasteiger charge is 2.37. The maximum Gasteiger partial charge on any atom is 0.418 e. The third-order valence-electron chi connectivity index (χ3n) is 3.36. The van der Waals surface area contributed by atoms with Gasteiger partial charge in [-0.3, -0.25) is 4.79 Å². The van der Waals surface area contributed by atoms with Gasteiger partial charge >= 0.3 is 6.18 Å². The van der Waals surface area contributed by atoms with E-state index in [4.69, 9.17) is 11.0 Å². The van der Waals surface area contributed by atoms with Gasteiger partial charge in [0.05, 0.1) is 23.1 Å². The highest BCUT2D eigenvalue weighted by atomic mass is 19.4. The van der Waals surface area contributed by atoms with Gasteiger partial charge < -0.3 is 10.6 Å². The van der Waals surface area contributed by atoms with Crippen LogP contribution in [0.25, 0.3) is 0 Å². The van der Waals surface area contributed by atoms with Gasteiger partial charge in [-0.15, -0.1) is 0 Å². The largest absolute Gasteiger partial charge is 0.418 e. The van der Waals surface area contributed by atoms with Gasteiger partial charge in [0.25, 0.3) is 0 Å². The zero-order valence-corrected chi connectivity index (χ0v) is 10.4. The average molecular weight is 283 g/mol. The lowest BCUT2D eigenvalue weighted by Crippen LogP contribution is -2.28. The SMILES string of the molecule is N#Cc1ccc(N2CC[C@@H](C(N)=O)C2)c(C(F)(F)F)c1. The van der Waals surface area contributed by atoms with E-state index in [1.165, 1.54) is 17.0 Å². The predicted octanol–water partition coefficient (Wildman–Crippen LogP) is 1.89. The minimum atomic E-state index is -4.55. The molecule has 2 rings (SSSR count). The van der Waals surface area contributed by atoms with E-state index < -0.39 is 23.6 Å². The Kier molecular flexibility index (Phi) is 3.57. The average Bonchev–Trinajstić information content (AvgIpc) is 2.86. The Morgan fingerprint density at radius 2 is 2.15 bits per heavy atom. The Morgan fingerprint density at radius 3 is 2.65 bits per heavy atom. The number of nitriles is 1. The molecule has 1 fully saturated rings. The molecule has 20 heavy (non-hydrogen) atoms. The van der Waals surface area contributed by atoms with Gasteiger partial charge in [-0.05, 0) is 24.6 Å². The van der Waals surface area contributed by atoms with Crippen molar-refractivity contribution < 1.29 is 18.0 Å². The molecular weight excluding hydrogens is 271 g/mol. The van der Waals surface area contributed by atoms with Crippen LogP contribution >= 0.6 is 0 Å². The molecule has 1 aromatic carbocycles. The fourth-order valence-electron chi connectivity index (χ4n) is 2.32. The van der Waals surface area contributed by atoms with Crippen molar-refractivity contribution in [2.75, 3.05) is 18.0 Å². The number of alkyl halides is 3. The third kappa shape index (κ3) is 2.69.